The van der Waals surface area contributed by atoms with E-state index in [-0.39, 0.29) is 45.2 Å². The first-order valence-corrected chi connectivity index (χ1v) is 40.4. The highest BCUT2D eigenvalue weighted by molar-refractivity contribution is 6.40. The van der Waals surface area contributed by atoms with Gasteiger partial charge in [0, 0.05) is 0 Å². The predicted octanol–water partition coefficient (Wildman–Crippen LogP) is 21.4. The number of carboxylic acids is 1. The summed E-state index contributed by atoms with van der Waals surface area (Å²) < 4.78 is 51.8. The zero-order valence-electron chi connectivity index (χ0n) is 62.4. The topological polar surface area (TPSA) is 192 Å². The third-order valence-corrected chi connectivity index (χ3v) is 21.5. The number of aromatic carboxylic acids is 1. The Morgan fingerprint density at radius 3 is 1.03 bits per heavy atom. The minimum absolute atomic E-state index is 0. The lowest BCUT2D eigenvalue weighted by atomic mass is 9.77. The minimum Gasteiger partial charge on any atom is -0.494 e. The second-order valence-electron chi connectivity index (χ2n) is 29.0. The highest BCUT2D eigenvalue weighted by atomic mass is 35.5. The third-order valence-electron chi connectivity index (χ3n) is 21.5. The fraction of sp³-hybridized carbons (Fsp3) is 0.551. The van der Waals surface area contributed by atoms with Gasteiger partial charge in [-0.05, 0) is 194 Å². The Morgan fingerprint density at radius 2 is 0.670 bits per heavy atom. The van der Waals surface area contributed by atoms with Gasteiger partial charge in [-0.25, -0.2) is 19.2 Å². The van der Waals surface area contributed by atoms with Crippen LogP contribution in [0, 0.1) is 11.8 Å². The number of fused-ring (bicyclic) bond motifs is 2. The first kappa shape index (κ1) is 84.8. The molecule has 0 spiro atoms. The molecule has 6 aromatic carbocycles. The maximum absolute atomic E-state index is 13.1. The molecule has 0 unspecified atom stereocenters. The number of hydrogen-bond donors (Lipinski definition) is 2. The highest BCUT2D eigenvalue weighted by Gasteiger charge is 2.52. The summed E-state index contributed by atoms with van der Waals surface area (Å²) >= 11 is 9.53. The van der Waals surface area contributed by atoms with E-state index in [9.17, 15) is 24.3 Å². The van der Waals surface area contributed by atoms with Crippen molar-refractivity contribution < 1.29 is 72.0 Å². The van der Waals surface area contributed by atoms with Crippen molar-refractivity contribution in [1.29, 1.82) is 0 Å². The van der Waals surface area contributed by atoms with Crippen LogP contribution in [0.25, 0.3) is 22.3 Å². The van der Waals surface area contributed by atoms with Crippen LogP contribution in [0.1, 0.15) is 260 Å². The lowest BCUT2D eigenvalue weighted by Gasteiger charge is -2.29. The van der Waals surface area contributed by atoms with Gasteiger partial charge in [0.2, 0.25) is 0 Å². The predicted molar refractivity (Wildman–Crippen MR) is 421 cm³/mol. The molecule has 0 amide bonds. The zero-order chi connectivity index (χ0) is 74.1. The molecular formula is C89H118Cl2O15. The minimum atomic E-state index is -0.837. The molecule has 8 atom stereocenters. The quantitative estimate of drug-likeness (QED) is 0.0175. The normalized spacial score (nSPS) is 23.3. The molecule has 106 heavy (non-hydrogen) atoms. The van der Waals surface area contributed by atoms with Crippen molar-refractivity contribution in [3.8, 4) is 33.8 Å². The van der Waals surface area contributed by atoms with Crippen molar-refractivity contribution in [1.82, 2.24) is 0 Å². The van der Waals surface area contributed by atoms with Gasteiger partial charge in [-0.2, -0.15) is 0 Å². The smallest absolute Gasteiger partial charge is 0.338 e. The molecule has 4 aliphatic heterocycles. The standard InChI is InChI=1S/C44H56O7.C25H30O6.C18H26O2.CH2Cl2.CH4/c1-3-5-7-9-11-31-12-14-32(15-13-31)33-16-20-36(21-17-33)43(45)50-39-29-48-42-40(30-49-41(39)42)51-44(46)37-22-18-34(19-23-37)35-24-26-38(27-25-35)47-28-10-8-6-4-2;1-2-3-4-5-14-28-20-12-10-18(11-13-20)17-6-8-19(9-7-17)25(27)31-22-16-30-23-21(26)15-29-24(22)23;1-2-3-4-5-14-6-8-15(9-7-14)16-10-12-17(13-11-16)18(19)20;2-1-3;/h16-27,31-32,39-42H,3-15,28-30H2,1-2H3;6-13,21-24,26H,2-5,14-16H2,1H3;10-15H,2-9H2,1H3,(H,19,20);1H2;1H4/t31?,32?,39-,40+,41-,42-;21-,22+,23+,24+;;;/m00.../s1. The Labute approximate surface area is 641 Å². The van der Waals surface area contributed by atoms with E-state index in [2.05, 4.69) is 39.8 Å². The molecule has 0 aromatic heterocycles. The first-order chi connectivity index (χ1) is 51.3. The second-order valence-corrected chi connectivity index (χ2v) is 29.9. The number of hydrogen-bond acceptors (Lipinski definition) is 14. The van der Waals surface area contributed by atoms with Crippen LogP contribution in [0.15, 0.2) is 146 Å². The van der Waals surface area contributed by atoms with E-state index in [0.717, 1.165) is 71.6 Å². The van der Waals surface area contributed by atoms with Crippen molar-refractivity contribution in [3.63, 3.8) is 0 Å². The molecule has 2 saturated carbocycles. The van der Waals surface area contributed by atoms with Gasteiger partial charge in [0.15, 0.2) is 18.3 Å². The lowest BCUT2D eigenvalue weighted by molar-refractivity contribution is -0.0287. The van der Waals surface area contributed by atoms with Crippen LogP contribution < -0.4 is 9.47 Å². The van der Waals surface area contributed by atoms with Crippen LogP contribution in [0.3, 0.4) is 0 Å². The van der Waals surface area contributed by atoms with E-state index in [1.807, 2.05) is 97.1 Å². The number of rotatable bonds is 32. The average molecular weight is 1500 g/mol. The molecule has 15 nitrogen and oxygen atoms in total. The number of unbranched alkanes of at least 4 members (excludes halogenated alkanes) is 11. The molecule has 4 saturated heterocycles. The molecule has 2 aliphatic carbocycles. The molecule has 12 rings (SSSR count). The zero-order valence-corrected chi connectivity index (χ0v) is 63.9. The average Bonchev–Trinajstić information content (AvgIpc) is 1.65. The van der Waals surface area contributed by atoms with Crippen LogP contribution in [0.4, 0.5) is 0 Å². The molecule has 6 fully saturated rings. The van der Waals surface area contributed by atoms with Crippen molar-refractivity contribution >= 4 is 47.1 Å². The first-order valence-electron chi connectivity index (χ1n) is 39.3. The fourth-order valence-corrected chi connectivity index (χ4v) is 15.2. The molecule has 0 radical (unpaired) electrons. The second kappa shape index (κ2) is 45.9. The van der Waals surface area contributed by atoms with Gasteiger partial charge in [-0.1, -0.05) is 204 Å². The summed E-state index contributed by atoms with van der Waals surface area (Å²) in [4.78, 5) is 49.6. The van der Waals surface area contributed by atoms with Gasteiger partial charge >= 0.3 is 23.9 Å². The Hall–Kier alpha value is -6.82. The summed E-state index contributed by atoms with van der Waals surface area (Å²) in [5.74, 6) is 2.66. The largest absolute Gasteiger partial charge is 0.494 e. The van der Waals surface area contributed by atoms with E-state index >= 15 is 0 Å². The number of aliphatic hydroxyl groups is 1. The van der Waals surface area contributed by atoms with E-state index in [4.69, 9.17) is 70.9 Å². The van der Waals surface area contributed by atoms with Crippen LogP contribution in [0.5, 0.6) is 11.5 Å². The molecule has 578 valence electrons. The Kier molecular flexibility index (Phi) is 36.7. The van der Waals surface area contributed by atoms with E-state index in [0.29, 0.717) is 34.1 Å². The van der Waals surface area contributed by atoms with Crippen LogP contribution in [-0.2, 0) is 33.2 Å². The number of benzene rings is 6. The summed E-state index contributed by atoms with van der Waals surface area (Å²) in [6.45, 7) is 11.2. The van der Waals surface area contributed by atoms with Gasteiger partial charge in [0.1, 0.15) is 42.0 Å². The number of carbonyl (C=O) groups is 4. The van der Waals surface area contributed by atoms with Gasteiger partial charge in [0.25, 0.3) is 0 Å². The summed E-state index contributed by atoms with van der Waals surface area (Å²) in [5, 5.41) is 18.9. The SMILES string of the molecule is C.CCCCCC1CCC(c2ccc(C(=O)O)cc2)CC1.CCCCCCOc1ccc(-c2ccc(C(=O)O[C@@H]3CO[C@@H]4[C@H]3OC[C@@H]4OC(=O)c3ccc(C4CCC(CCCCCC)CC4)cc3)cc2)cc1.CCCCCCOc1ccc(-c2ccc(C(=O)O[C@@H]3CO[C@H]4[C@@H]3OC[C@@H]4O)cc2)cc1.ClCCl. The summed E-state index contributed by atoms with van der Waals surface area (Å²) in [5.41, 5.74) is 8.58. The molecular weight excluding hydrogens is 1380 g/mol. The lowest BCUT2D eigenvalue weighted by Crippen LogP contribution is -2.36. The van der Waals surface area contributed by atoms with Crippen molar-refractivity contribution in [2.75, 3.05) is 45.0 Å². The van der Waals surface area contributed by atoms with Crippen LogP contribution >= 0.6 is 23.2 Å². The molecule has 2 N–H and O–H groups in total. The third kappa shape index (κ3) is 25.9. The highest BCUT2D eigenvalue weighted by Crippen LogP contribution is 2.41. The Morgan fingerprint density at radius 1 is 0.377 bits per heavy atom. The van der Waals surface area contributed by atoms with Crippen molar-refractivity contribution in [2.24, 2.45) is 11.8 Å². The number of halogens is 2. The van der Waals surface area contributed by atoms with Crippen LogP contribution in [-0.4, -0.2) is 128 Å². The molecule has 17 heteroatoms. The summed E-state index contributed by atoms with van der Waals surface area (Å²) in [7, 11) is 0. The maximum atomic E-state index is 13.1. The van der Waals surface area contributed by atoms with Gasteiger partial charge in [0.05, 0.1) is 67.2 Å². The van der Waals surface area contributed by atoms with E-state index in [1.165, 1.54) is 159 Å². The number of carbonyl (C=O) groups excluding carboxylic acids is 3. The van der Waals surface area contributed by atoms with E-state index < -0.39 is 66.7 Å². The number of esters is 3. The number of carboxylic acid groups (broad SMARTS) is 1. The van der Waals surface area contributed by atoms with Crippen LogP contribution in [0.2, 0.25) is 0 Å². The maximum Gasteiger partial charge on any atom is 0.338 e. The van der Waals surface area contributed by atoms with Crippen molar-refractivity contribution in [2.45, 2.75) is 256 Å². The van der Waals surface area contributed by atoms with Crippen molar-refractivity contribution in [3.05, 3.63) is 179 Å². The molecule has 4 heterocycles. The Bertz CT molecular complexity index is 3480. The summed E-state index contributed by atoms with van der Waals surface area (Å²) in [6, 6.07) is 46.2. The monoisotopic (exact) mass is 1500 g/mol. The summed E-state index contributed by atoms with van der Waals surface area (Å²) in [6.07, 6.45) is 27.9. The number of aliphatic hydroxyl groups excluding tert-OH is 1. The number of alkyl halides is 2. The van der Waals surface area contributed by atoms with E-state index in [1.54, 1.807) is 36.4 Å². The van der Waals surface area contributed by atoms with Gasteiger partial charge < -0.3 is 52.8 Å². The van der Waals surface area contributed by atoms with Gasteiger partial charge in [-0.3, -0.25) is 0 Å². The Balaban J connectivity index is 0.000000218. The molecule has 6 aliphatic rings. The fourth-order valence-electron chi connectivity index (χ4n) is 15.2. The van der Waals surface area contributed by atoms with Gasteiger partial charge in [-0.15, -0.1) is 23.2 Å². The molecule has 0 bridgehead atoms. The molecule has 6 aromatic rings. The number of ether oxygens (including phenoxy) is 9.